The summed E-state index contributed by atoms with van der Waals surface area (Å²) in [4.78, 5) is 23.2. The molecule has 0 bridgehead atoms. The van der Waals surface area contributed by atoms with Gasteiger partial charge in [0.25, 0.3) is 0 Å². The van der Waals surface area contributed by atoms with E-state index in [-0.39, 0.29) is 24.8 Å². The summed E-state index contributed by atoms with van der Waals surface area (Å²) in [5, 5.41) is 14.5. The predicted octanol–water partition coefficient (Wildman–Crippen LogP) is 3.29. The number of methoxy groups -OCH3 is 1. The fraction of sp³-hybridized carbons (Fsp3) is 0.333. The SMILES string of the molecule is COC(CNC(=O)NC(CCC(=O)O)Cc1ccccc1)c1ccc(F)cc1. The van der Waals surface area contributed by atoms with Gasteiger partial charge in [0.2, 0.25) is 0 Å². The van der Waals surface area contributed by atoms with Gasteiger partial charge >= 0.3 is 12.0 Å². The first-order valence-corrected chi connectivity index (χ1v) is 9.06. The standard InChI is InChI=1S/C21H25FN2O4/c1-28-19(16-7-9-17(22)10-8-16)14-23-21(27)24-18(11-12-20(25)26)13-15-5-3-2-4-6-15/h2-10,18-19H,11-14H2,1H3,(H,25,26)(H2,23,24,27). The molecule has 0 spiro atoms. The molecule has 0 aliphatic carbocycles. The van der Waals surface area contributed by atoms with Crippen LogP contribution < -0.4 is 10.6 Å². The molecule has 150 valence electrons. The van der Waals surface area contributed by atoms with E-state index >= 15 is 0 Å². The number of amides is 2. The molecule has 0 radical (unpaired) electrons. The molecule has 0 aromatic heterocycles. The molecule has 6 nitrogen and oxygen atoms in total. The molecule has 0 saturated heterocycles. The van der Waals surface area contributed by atoms with Crippen LogP contribution in [-0.2, 0) is 16.0 Å². The first kappa shape index (κ1) is 21.4. The molecule has 0 saturated carbocycles. The van der Waals surface area contributed by atoms with Gasteiger partial charge in [0.1, 0.15) is 5.82 Å². The van der Waals surface area contributed by atoms with Crippen LogP contribution in [-0.4, -0.2) is 36.8 Å². The van der Waals surface area contributed by atoms with Gasteiger partial charge in [-0.3, -0.25) is 4.79 Å². The minimum atomic E-state index is -0.906. The molecule has 2 aromatic carbocycles. The number of urea groups is 1. The van der Waals surface area contributed by atoms with E-state index in [9.17, 15) is 14.0 Å². The van der Waals surface area contributed by atoms with Crippen LogP contribution in [0.2, 0.25) is 0 Å². The number of carboxylic acid groups (broad SMARTS) is 1. The van der Waals surface area contributed by atoms with Crippen LogP contribution >= 0.6 is 0 Å². The fourth-order valence-electron chi connectivity index (χ4n) is 2.86. The Morgan fingerprint density at radius 2 is 1.79 bits per heavy atom. The van der Waals surface area contributed by atoms with Crippen molar-refractivity contribution in [2.75, 3.05) is 13.7 Å². The number of hydrogen-bond acceptors (Lipinski definition) is 3. The zero-order valence-corrected chi connectivity index (χ0v) is 15.7. The maximum absolute atomic E-state index is 13.1. The van der Waals surface area contributed by atoms with Gasteiger partial charge in [-0.25, -0.2) is 9.18 Å². The maximum Gasteiger partial charge on any atom is 0.315 e. The zero-order chi connectivity index (χ0) is 20.4. The highest BCUT2D eigenvalue weighted by molar-refractivity contribution is 5.74. The van der Waals surface area contributed by atoms with Crippen LogP contribution in [0.4, 0.5) is 9.18 Å². The first-order valence-electron chi connectivity index (χ1n) is 9.06. The van der Waals surface area contributed by atoms with Crippen LogP contribution in [0.5, 0.6) is 0 Å². The third kappa shape index (κ3) is 7.36. The average Bonchev–Trinajstić information content (AvgIpc) is 2.68. The second-order valence-corrected chi connectivity index (χ2v) is 6.45. The van der Waals surface area contributed by atoms with Gasteiger partial charge < -0.3 is 20.5 Å². The van der Waals surface area contributed by atoms with Crippen molar-refractivity contribution in [3.63, 3.8) is 0 Å². The number of rotatable bonds is 10. The Kier molecular flexibility index (Phi) is 8.42. The molecule has 0 heterocycles. The number of hydrogen-bond donors (Lipinski definition) is 3. The van der Waals surface area contributed by atoms with E-state index < -0.39 is 18.1 Å². The van der Waals surface area contributed by atoms with Crippen molar-refractivity contribution in [3.05, 3.63) is 71.5 Å². The van der Waals surface area contributed by atoms with Crippen molar-refractivity contribution in [1.82, 2.24) is 10.6 Å². The number of aliphatic carboxylic acids is 1. The Bertz CT molecular complexity index is 753. The van der Waals surface area contributed by atoms with E-state index in [0.29, 0.717) is 12.8 Å². The van der Waals surface area contributed by atoms with E-state index in [1.807, 2.05) is 30.3 Å². The van der Waals surface area contributed by atoms with E-state index in [1.165, 1.54) is 19.2 Å². The Labute approximate surface area is 163 Å². The highest BCUT2D eigenvalue weighted by Crippen LogP contribution is 2.16. The number of nitrogens with one attached hydrogen (secondary N) is 2. The third-order valence-corrected chi connectivity index (χ3v) is 4.34. The number of carbonyl (C=O) groups excluding carboxylic acids is 1. The molecule has 7 heteroatoms. The number of halogens is 1. The van der Waals surface area contributed by atoms with Crippen LogP contribution in [0.25, 0.3) is 0 Å². The predicted molar refractivity (Wildman–Crippen MR) is 103 cm³/mol. The summed E-state index contributed by atoms with van der Waals surface area (Å²) < 4.78 is 18.4. The summed E-state index contributed by atoms with van der Waals surface area (Å²) in [5.41, 5.74) is 1.76. The molecule has 0 aliphatic heterocycles. The monoisotopic (exact) mass is 388 g/mol. The zero-order valence-electron chi connectivity index (χ0n) is 15.7. The summed E-state index contributed by atoms with van der Waals surface area (Å²) in [7, 11) is 1.51. The van der Waals surface area contributed by atoms with Gasteiger partial charge in [0, 0.05) is 26.1 Å². The van der Waals surface area contributed by atoms with Gasteiger partial charge in [-0.05, 0) is 36.1 Å². The molecule has 0 aliphatic rings. The van der Waals surface area contributed by atoms with Gasteiger partial charge in [0.15, 0.2) is 0 Å². The molecule has 2 rings (SSSR count). The van der Waals surface area contributed by atoms with Gasteiger partial charge in [-0.2, -0.15) is 0 Å². The minimum absolute atomic E-state index is 0.0337. The van der Waals surface area contributed by atoms with Crippen LogP contribution in [0.1, 0.15) is 30.1 Å². The van der Waals surface area contributed by atoms with Gasteiger partial charge in [0.05, 0.1) is 6.10 Å². The Morgan fingerprint density at radius 3 is 2.39 bits per heavy atom. The molecule has 0 fully saturated rings. The molecule has 2 unspecified atom stereocenters. The lowest BCUT2D eigenvalue weighted by Crippen LogP contribution is -2.44. The quantitative estimate of drug-likeness (QED) is 0.583. The number of carbonyl (C=O) groups is 2. The van der Waals surface area contributed by atoms with Crippen molar-refractivity contribution >= 4 is 12.0 Å². The smallest absolute Gasteiger partial charge is 0.315 e. The summed E-state index contributed by atoms with van der Waals surface area (Å²) >= 11 is 0. The molecular weight excluding hydrogens is 363 g/mol. The first-order chi connectivity index (χ1) is 13.5. The maximum atomic E-state index is 13.1. The number of ether oxygens (including phenoxy) is 1. The lowest BCUT2D eigenvalue weighted by atomic mass is 10.0. The highest BCUT2D eigenvalue weighted by Gasteiger charge is 2.17. The molecule has 28 heavy (non-hydrogen) atoms. The van der Waals surface area contributed by atoms with Crippen molar-refractivity contribution in [3.8, 4) is 0 Å². The van der Waals surface area contributed by atoms with Crippen molar-refractivity contribution in [1.29, 1.82) is 0 Å². The minimum Gasteiger partial charge on any atom is -0.481 e. The van der Waals surface area contributed by atoms with Gasteiger partial charge in [-0.1, -0.05) is 42.5 Å². The summed E-state index contributed by atoms with van der Waals surface area (Å²) in [5.74, 6) is -1.25. The Hall–Kier alpha value is -2.93. The van der Waals surface area contributed by atoms with E-state index in [2.05, 4.69) is 10.6 Å². The summed E-state index contributed by atoms with van der Waals surface area (Å²) in [6.45, 7) is 0.199. The van der Waals surface area contributed by atoms with E-state index in [1.54, 1.807) is 12.1 Å². The van der Waals surface area contributed by atoms with Crippen LogP contribution in [0.15, 0.2) is 54.6 Å². The Balaban J connectivity index is 1.91. The van der Waals surface area contributed by atoms with Crippen molar-refractivity contribution in [2.24, 2.45) is 0 Å². The van der Waals surface area contributed by atoms with Crippen LogP contribution in [0, 0.1) is 5.82 Å². The van der Waals surface area contributed by atoms with E-state index in [0.717, 1.165) is 11.1 Å². The van der Waals surface area contributed by atoms with Crippen molar-refractivity contribution in [2.45, 2.75) is 31.4 Å². The summed E-state index contributed by atoms with van der Waals surface area (Å²) in [6, 6.07) is 14.7. The molecule has 3 N–H and O–H groups in total. The second kappa shape index (κ2) is 11.0. The second-order valence-electron chi connectivity index (χ2n) is 6.45. The molecular formula is C21H25FN2O4. The molecule has 2 aromatic rings. The average molecular weight is 388 g/mol. The third-order valence-electron chi connectivity index (χ3n) is 4.34. The Morgan fingerprint density at radius 1 is 1.11 bits per heavy atom. The van der Waals surface area contributed by atoms with E-state index in [4.69, 9.17) is 9.84 Å². The van der Waals surface area contributed by atoms with Crippen molar-refractivity contribution < 1.29 is 23.8 Å². The lowest BCUT2D eigenvalue weighted by molar-refractivity contribution is -0.137. The van der Waals surface area contributed by atoms with Gasteiger partial charge in [-0.15, -0.1) is 0 Å². The molecule has 2 atom stereocenters. The normalized spacial score (nSPS) is 12.8. The number of carboxylic acids is 1. The fourth-order valence-corrected chi connectivity index (χ4v) is 2.86. The summed E-state index contributed by atoms with van der Waals surface area (Å²) in [6.07, 6.45) is 0.405. The lowest BCUT2D eigenvalue weighted by Gasteiger charge is -2.21. The van der Waals surface area contributed by atoms with Crippen LogP contribution in [0.3, 0.4) is 0 Å². The molecule has 2 amide bonds. The number of benzene rings is 2. The highest BCUT2D eigenvalue weighted by atomic mass is 19.1. The topological polar surface area (TPSA) is 87.7 Å². The largest absolute Gasteiger partial charge is 0.481 e.